The van der Waals surface area contributed by atoms with E-state index in [4.69, 9.17) is 21.1 Å². The number of carbonyl (C=O) groups is 2. The minimum atomic E-state index is -0.428. The zero-order valence-electron chi connectivity index (χ0n) is 14.5. The van der Waals surface area contributed by atoms with Gasteiger partial charge in [0.1, 0.15) is 0 Å². The first-order valence-electron chi connectivity index (χ1n) is 8.29. The van der Waals surface area contributed by atoms with Crippen molar-refractivity contribution < 1.29 is 19.1 Å². The number of carbonyl (C=O) groups excluding carboxylic acids is 2. The molecule has 0 spiro atoms. The molecule has 138 valence electrons. The van der Waals surface area contributed by atoms with E-state index in [-0.39, 0.29) is 12.3 Å². The van der Waals surface area contributed by atoms with Crippen LogP contribution in [0.15, 0.2) is 48.5 Å². The van der Waals surface area contributed by atoms with Gasteiger partial charge in [0.15, 0.2) is 11.5 Å². The molecule has 0 aliphatic carbocycles. The largest absolute Gasteiger partial charge is 0.490 e. The second-order valence-corrected chi connectivity index (χ2v) is 5.78. The molecule has 6 nitrogen and oxygen atoms in total. The molecule has 0 aliphatic heterocycles. The fourth-order valence-electron chi connectivity index (χ4n) is 2.15. The Hall–Kier alpha value is -2.73. The Balaban J connectivity index is 1.68. The average Bonchev–Trinajstić information content (AvgIpc) is 2.64. The number of ether oxygens (including phenoxy) is 2. The molecule has 2 N–H and O–H groups in total. The summed E-state index contributed by atoms with van der Waals surface area (Å²) < 4.78 is 11.1. The van der Waals surface area contributed by atoms with Crippen molar-refractivity contribution in [3.63, 3.8) is 0 Å². The third-order valence-electron chi connectivity index (χ3n) is 3.36. The Labute approximate surface area is 157 Å². The maximum absolute atomic E-state index is 11.9. The van der Waals surface area contributed by atoms with Crippen LogP contribution in [0.25, 0.3) is 0 Å². The van der Waals surface area contributed by atoms with E-state index in [0.717, 1.165) is 0 Å². The molecule has 0 bridgehead atoms. The van der Waals surface area contributed by atoms with Gasteiger partial charge < -0.3 is 9.47 Å². The van der Waals surface area contributed by atoms with Crippen LogP contribution in [0.3, 0.4) is 0 Å². The van der Waals surface area contributed by atoms with Crippen LogP contribution in [0.4, 0.5) is 0 Å². The molecule has 26 heavy (non-hydrogen) atoms. The van der Waals surface area contributed by atoms with Crippen LogP contribution in [0, 0.1) is 0 Å². The molecule has 0 saturated heterocycles. The van der Waals surface area contributed by atoms with E-state index in [2.05, 4.69) is 10.9 Å². The van der Waals surface area contributed by atoms with Crippen LogP contribution >= 0.6 is 11.6 Å². The van der Waals surface area contributed by atoms with Gasteiger partial charge in [-0.05, 0) is 43.7 Å². The smallest absolute Gasteiger partial charge is 0.269 e. The van der Waals surface area contributed by atoms with E-state index in [1.54, 1.807) is 18.2 Å². The molecular formula is C19H21ClN2O4. The number of hydrogen-bond donors (Lipinski definition) is 2. The Morgan fingerprint density at radius 1 is 1.00 bits per heavy atom. The second kappa shape index (κ2) is 10.3. The Morgan fingerprint density at radius 2 is 1.73 bits per heavy atom. The van der Waals surface area contributed by atoms with Gasteiger partial charge in [0.05, 0.1) is 13.2 Å². The summed E-state index contributed by atoms with van der Waals surface area (Å²) in [6, 6.07) is 13.8. The topological polar surface area (TPSA) is 76.7 Å². The van der Waals surface area contributed by atoms with Crippen LogP contribution < -0.4 is 20.3 Å². The van der Waals surface area contributed by atoms with Gasteiger partial charge in [-0.25, -0.2) is 0 Å². The molecule has 2 amide bonds. The predicted molar refractivity (Wildman–Crippen MR) is 99.4 cm³/mol. The number of halogens is 1. The molecule has 0 saturated carbocycles. The van der Waals surface area contributed by atoms with E-state index in [9.17, 15) is 9.59 Å². The fraction of sp³-hybridized carbons (Fsp3) is 0.263. The fourth-order valence-corrected chi connectivity index (χ4v) is 2.34. The first-order chi connectivity index (χ1) is 12.6. The number of hydrogen-bond acceptors (Lipinski definition) is 4. The van der Waals surface area contributed by atoms with E-state index >= 15 is 0 Å². The molecule has 0 fully saturated rings. The summed E-state index contributed by atoms with van der Waals surface area (Å²) in [4.78, 5) is 23.7. The zero-order valence-corrected chi connectivity index (χ0v) is 15.2. The van der Waals surface area contributed by atoms with E-state index in [1.165, 1.54) is 6.07 Å². The van der Waals surface area contributed by atoms with Crippen molar-refractivity contribution in [1.82, 2.24) is 10.9 Å². The molecule has 2 rings (SSSR count). The molecule has 0 aromatic heterocycles. The molecule has 7 heteroatoms. The number of benzene rings is 2. The predicted octanol–water partition coefficient (Wildman–Crippen LogP) is 3.36. The van der Waals surface area contributed by atoms with E-state index in [1.807, 2.05) is 31.2 Å². The molecule has 2 aromatic rings. The number of nitrogens with one attached hydrogen (secondary N) is 2. The summed E-state index contributed by atoms with van der Waals surface area (Å²) in [6.45, 7) is 2.81. The highest BCUT2D eigenvalue weighted by molar-refractivity contribution is 6.30. The third kappa shape index (κ3) is 6.29. The first kappa shape index (κ1) is 19.6. The molecule has 0 radical (unpaired) electrons. The minimum absolute atomic E-state index is 0.215. The Kier molecular flexibility index (Phi) is 7.76. The lowest BCUT2D eigenvalue weighted by Crippen LogP contribution is -2.41. The van der Waals surface area contributed by atoms with Gasteiger partial charge in [0.2, 0.25) is 5.91 Å². The summed E-state index contributed by atoms with van der Waals surface area (Å²) in [5, 5.41) is 0.452. The van der Waals surface area contributed by atoms with Gasteiger partial charge >= 0.3 is 0 Å². The highest BCUT2D eigenvalue weighted by atomic mass is 35.5. The quantitative estimate of drug-likeness (QED) is 0.547. The van der Waals surface area contributed by atoms with Crippen LogP contribution in [0.1, 0.15) is 30.1 Å². The van der Waals surface area contributed by atoms with Crippen LogP contribution in [0.5, 0.6) is 11.5 Å². The number of hydrazine groups is 1. The monoisotopic (exact) mass is 376 g/mol. The van der Waals surface area contributed by atoms with Gasteiger partial charge in [-0.1, -0.05) is 29.8 Å². The van der Waals surface area contributed by atoms with Crippen molar-refractivity contribution in [1.29, 1.82) is 0 Å². The van der Waals surface area contributed by atoms with Gasteiger partial charge in [0, 0.05) is 17.0 Å². The standard InChI is InChI=1S/C19H21ClN2O4/c1-2-25-16-9-3-4-10-17(16)26-12-6-11-18(23)21-22-19(24)14-7-5-8-15(20)13-14/h3-5,7-10,13H,2,6,11-12H2,1H3,(H,21,23)(H,22,24). The lowest BCUT2D eigenvalue weighted by atomic mass is 10.2. The molecule has 2 aromatic carbocycles. The summed E-state index contributed by atoms with van der Waals surface area (Å²) in [5.74, 6) is 0.585. The third-order valence-corrected chi connectivity index (χ3v) is 3.59. The van der Waals surface area contributed by atoms with Crippen LogP contribution in [0.2, 0.25) is 5.02 Å². The summed E-state index contributed by atoms with van der Waals surface area (Å²) in [7, 11) is 0. The maximum atomic E-state index is 11.9. The van der Waals surface area contributed by atoms with Crippen molar-refractivity contribution in [2.24, 2.45) is 0 Å². The van der Waals surface area contributed by atoms with Crippen LogP contribution in [-0.2, 0) is 4.79 Å². The summed E-state index contributed by atoms with van der Waals surface area (Å²) in [6.07, 6.45) is 0.714. The van der Waals surface area contributed by atoms with E-state index in [0.29, 0.717) is 41.7 Å². The first-order valence-corrected chi connectivity index (χ1v) is 8.67. The highest BCUT2D eigenvalue weighted by Crippen LogP contribution is 2.26. The lowest BCUT2D eigenvalue weighted by Gasteiger charge is -2.11. The molecular weight excluding hydrogens is 356 g/mol. The number of amides is 2. The average molecular weight is 377 g/mol. The molecule has 0 heterocycles. The van der Waals surface area contributed by atoms with Crippen molar-refractivity contribution in [2.45, 2.75) is 19.8 Å². The summed E-state index contributed by atoms with van der Waals surface area (Å²) >= 11 is 5.83. The maximum Gasteiger partial charge on any atom is 0.269 e. The SMILES string of the molecule is CCOc1ccccc1OCCCC(=O)NNC(=O)c1cccc(Cl)c1. The van der Waals surface area contributed by atoms with Crippen molar-refractivity contribution in [2.75, 3.05) is 13.2 Å². The Bertz CT molecular complexity index is 752. The zero-order chi connectivity index (χ0) is 18.8. The Morgan fingerprint density at radius 3 is 2.42 bits per heavy atom. The van der Waals surface area contributed by atoms with Gasteiger partial charge in [0.25, 0.3) is 5.91 Å². The van der Waals surface area contributed by atoms with Crippen molar-refractivity contribution >= 4 is 23.4 Å². The van der Waals surface area contributed by atoms with Crippen LogP contribution in [-0.4, -0.2) is 25.0 Å². The molecule has 0 unspecified atom stereocenters. The molecule has 0 atom stereocenters. The van der Waals surface area contributed by atoms with E-state index < -0.39 is 5.91 Å². The number of para-hydroxylation sites is 2. The lowest BCUT2D eigenvalue weighted by molar-refractivity contribution is -0.122. The second-order valence-electron chi connectivity index (χ2n) is 5.34. The summed E-state index contributed by atoms with van der Waals surface area (Å²) in [5.41, 5.74) is 5.09. The number of rotatable bonds is 8. The molecule has 0 aliphatic rings. The van der Waals surface area contributed by atoms with Gasteiger partial charge in [-0.3, -0.25) is 20.4 Å². The van der Waals surface area contributed by atoms with Gasteiger partial charge in [-0.15, -0.1) is 0 Å². The normalized spacial score (nSPS) is 10.1. The van der Waals surface area contributed by atoms with Gasteiger partial charge in [-0.2, -0.15) is 0 Å². The minimum Gasteiger partial charge on any atom is -0.490 e. The van der Waals surface area contributed by atoms with Crippen molar-refractivity contribution in [3.05, 3.63) is 59.1 Å². The van der Waals surface area contributed by atoms with Crippen molar-refractivity contribution in [3.8, 4) is 11.5 Å². The highest BCUT2D eigenvalue weighted by Gasteiger charge is 2.08.